The number of benzene rings is 2. The summed E-state index contributed by atoms with van der Waals surface area (Å²) in [5.41, 5.74) is -0.112. The molecule has 3 rings (SSSR count). The number of rotatable bonds is 4. The number of methoxy groups -OCH3 is 1. The van der Waals surface area contributed by atoms with Gasteiger partial charge in [0.1, 0.15) is 5.75 Å². The molecular formula is C18H14BrF3N2O3S. The van der Waals surface area contributed by atoms with Crippen LogP contribution < -0.4 is 4.74 Å². The average Bonchev–Trinajstić information content (AvgIpc) is 3.07. The smallest absolute Gasteiger partial charge is 0.435 e. The van der Waals surface area contributed by atoms with Gasteiger partial charge in [-0.2, -0.15) is 18.3 Å². The van der Waals surface area contributed by atoms with Crippen LogP contribution in [0.4, 0.5) is 13.2 Å². The molecule has 10 heteroatoms. The third-order valence-electron chi connectivity index (χ3n) is 3.96. The van der Waals surface area contributed by atoms with E-state index >= 15 is 0 Å². The van der Waals surface area contributed by atoms with Crippen LogP contribution in [-0.4, -0.2) is 31.6 Å². The van der Waals surface area contributed by atoms with Crippen molar-refractivity contribution in [1.29, 1.82) is 0 Å². The Hall–Kier alpha value is -2.33. The topological polar surface area (TPSA) is 61.2 Å². The molecule has 0 fully saturated rings. The number of hydrogen-bond donors (Lipinski definition) is 0. The fourth-order valence-corrected chi connectivity index (χ4v) is 3.74. The van der Waals surface area contributed by atoms with E-state index in [0.717, 1.165) is 17.0 Å². The fourth-order valence-electron chi connectivity index (χ4n) is 2.58. The number of sulfone groups is 1. The van der Waals surface area contributed by atoms with Crippen LogP contribution in [0, 0.1) is 0 Å². The second kappa shape index (κ2) is 7.25. The Balaban J connectivity index is 2.18. The van der Waals surface area contributed by atoms with E-state index in [1.54, 1.807) is 18.2 Å². The molecule has 2 aromatic carbocycles. The fraction of sp³-hybridized carbons (Fsp3) is 0.167. The molecule has 0 aliphatic rings. The first kappa shape index (κ1) is 20.4. The van der Waals surface area contributed by atoms with Crippen LogP contribution in [-0.2, 0) is 16.0 Å². The van der Waals surface area contributed by atoms with Crippen molar-refractivity contribution in [1.82, 2.24) is 9.78 Å². The molecule has 0 aliphatic carbocycles. The van der Waals surface area contributed by atoms with Crippen molar-refractivity contribution in [3.05, 3.63) is 58.7 Å². The zero-order valence-corrected chi connectivity index (χ0v) is 17.1. The van der Waals surface area contributed by atoms with Crippen molar-refractivity contribution in [2.75, 3.05) is 13.4 Å². The van der Waals surface area contributed by atoms with Gasteiger partial charge >= 0.3 is 6.18 Å². The van der Waals surface area contributed by atoms with Gasteiger partial charge in [-0.15, -0.1) is 0 Å². The van der Waals surface area contributed by atoms with E-state index < -0.39 is 21.7 Å². The van der Waals surface area contributed by atoms with E-state index in [1.807, 2.05) is 0 Å². The molecule has 148 valence electrons. The summed E-state index contributed by atoms with van der Waals surface area (Å²) < 4.78 is 69.8. The molecular weight excluding hydrogens is 461 g/mol. The highest BCUT2D eigenvalue weighted by Crippen LogP contribution is 2.35. The summed E-state index contributed by atoms with van der Waals surface area (Å²) in [7, 11) is -1.94. The summed E-state index contributed by atoms with van der Waals surface area (Å²) in [6, 6.07) is 11.3. The van der Waals surface area contributed by atoms with Crippen molar-refractivity contribution in [3.63, 3.8) is 0 Å². The molecule has 0 bridgehead atoms. The second-order valence-electron chi connectivity index (χ2n) is 5.94. The van der Waals surface area contributed by atoms with E-state index in [9.17, 15) is 21.6 Å². The molecule has 0 aliphatic heterocycles. The van der Waals surface area contributed by atoms with Gasteiger partial charge in [0.15, 0.2) is 15.5 Å². The molecule has 0 atom stereocenters. The molecule has 0 spiro atoms. The Bertz CT molecular complexity index is 1120. The Morgan fingerprint density at radius 2 is 1.71 bits per heavy atom. The maximum absolute atomic E-state index is 13.2. The van der Waals surface area contributed by atoms with Gasteiger partial charge in [-0.1, -0.05) is 12.1 Å². The zero-order chi connectivity index (χ0) is 20.7. The lowest BCUT2D eigenvalue weighted by Crippen LogP contribution is -2.07. The van der Waals surface area contributed by atoms with Crippen LogP contribution in [0.25, 0.3) is 16.9 Å². The van der Waals surface area contributed by atoms with Crippen molar-refractivity contribution >= 4 is 25.8 Å². The summed E-state index contributed by atoms with van der Waals surface area (Å²) in [5.74, 6) is 0.519. The molecule has 5 nitrogen and oxygen atoms in total. The first-order chi connectivity index (χ1) is 13.0. The van der Waals surface area contributed by atoms with E-state index in [1.165, 1.54) is 31.4 Å². The lowest BCUT2D eigenvalue weighted by molar-refractivity contribution is -0.141. The van der Waals surface area contributed by atoms with Gasteiger partial charge < -0.3 is 4.74 Å². The molecule has 0 unspecified atom stereocenters. The van der Waals surface area contributed by atoms with Crippen LogP contribution in [0.3, 0.4) is 0 Å². The van der Waals surface area contributed by atoms with E-state index in [2.05, 4.69) is 21.0 Å². The number of ether oxygens (including phenoxy) is 1. The summed E-state index contributed by atoms with van der Waals surface area (Å²) >= 11 is 3.31. The summed E-state index contributed by atoms with van der Waals surface area (Å²) in [4.78, 5) is 0.0746. The molecule has 0 saturated heterocycles. The first-order valence-corrected chi connectivity index (χ1v) is 10.5. The molecule has 1 aromatic heterocycles. The standard InChI is InChI=1S/C18H14BrF3N2O3S/c1-27-16-8-5-12(9-14(16)19)24-15(10-17(23-24)18(20,21)22)11-3-6-13(7-4-11)28(2,25)26/h3-10H,1-2H3. The van der Waals surface area contributed by atoms with Gasteiger partial charge in [0.05, 0.1) is 27.9 Å². The van der Waals surface area contributed by atoms with Crippen LogP contribution in [0.5, 0.6) is 5.75 Å². The molecule has 3 aromatic rings. The third kappa shape index (κ3) is 4.07. The van der Waals surface area contributed by atoms with Crippen LogP contribution in [0.2, 0.25) is 0 Å². The second-order valence-corrected chi connectivity index (χ2v) is 8.81. The van der Waals surface area contributed by atoms with E-state index in [4.69, 9.17) is 4.74 Å². The first-order valence-electron chi connectivity index (χ1n) is 7.82. The Morgan fingerprint density at radius 1 is 1.07 bits per heavy atom. The monoisotopic (exact) mass is 474 g/mol. The minimum Gasteiger partial charge on any atom is -0.496 e. The van der Waals surface area contributed by atoms with Gasteiger partial charge in [0.2, 0.25) is 0 Å². The van der Waals surface area contributed by atoms with Crippen LogP contribution in [0.1, 0.15) is 5.69 Å². The van der Waals surface area contributed by atoms with E-state index in [0.29, 0.717) is 21.5 Å². The van der Waals surface area contributed by atoms with Gasteiger partial charge in [-0.05, 0) is 52.3 Å². The number of hydrogen-bond acceptors (Lipinski definition) is 4. The van der Waals surface area contributed by atoms with Crippen molar-refractivity contribution in [2.45, 2.75) is 11.1 Å². The zero-order valence-electron chi connectivity index (χ0n) is 14.7. The molecule has 28 heavy (non-hydrogen) atoms. The maximum Gasteiger partial charge on any atom is 0.435 e. The van der Waals surface area contributed by atoms with E-state index in [-0.39, 0.29) is 10.6 Å². The summed E-state index contributed by atoms with van der Waals surface area (Å²) in [6.45, 7) is 0. The molecule has 1 heterocycles. The summed E-state index contributed by atoms with van der Waals surface area (Å²) in [6.07, 6.45) is -3.57. The van der Waals surface area contributed by atoms with Gasteiger partial charge in [-0.25, -0.2) is 13.1 Å². The van der Waals surface area contributed by atoms with Crippen molar-refractivity contribution < 1.29 is 26.3 Å². The number of alkyl halides is 3. The van der Waals surface area contributed by atoms with Gasteiger partial charge in [-0.3, -0.25) is 0 Å². The third-order valence-corrected chi connectivity index (χ3v) is 5.71. The molecule has 0 N–H and O–H groups in total. The Labute approximate surface area is 167 Å². The van der Waals surface area contributed by atoms with Crippen LogP contribution in [0.15, 0.2) is 57.9 Å². The lowest BCUT2D eigenvalue weighted by Gasteiger charge is -2.10. The van der Waals surface area contributed by atoms with Crippen LogP contribution >= 0.6 is 15.9 Å². The van der Waals surface area contributed by atoms with Gasteiger partial charge in [0.25, 0.3) is 0 Å². The molecule has 0 radical (unpaired) electrons. The SMILES string of the molecule is COc1ccc(-n2nc(C(F)(F)F)cc2-c2ccc(S(C)(=O)=O)cc2)cc1Br. The lowest BCUT2D eigenvalue weighted by atomic mass is 10.1. The molecule has 0 amide bonds. The van der Waals surface area contributed by atoms with Crippen molar-refractivity contribution in [3.8, 4) is 22.7 Å². The Kier molecular flexibility index (Phi) is 5.28. The molecule has 0 saturated carbocycles. The normalized spacial score (nSPS) is 12.2. The average molecular weight is 475 g/mol. The number of aromatic nitrogens is 2. The maximum atomic E-state index is 13.2. The van der Waals surface area contributed by atoms with Gasteiger partial charge in [0, 0.05) is 11.8 Å². The minimum atomic E-state index is -4.63. The minimum absolute atomic E-state index is 0.0746. The highest BCUT2D eigenvalue weighted by molar-refractivity contribution is 9.10. The number of halogens is 4. The highest BCUT2D eigenvalue weighted by Gasteiger charge is 2.35. The largest absolute Gasteiger partial charge is 0.496 e. The number of nitrogens with zero attached hydrogens (tertiary/aromatic N) is 2. The Morgan fingerprint density at radius 3 is 2.21 bits per heavy atom. The highest BCUT2D eigenvalue weighted by atomic mass is 79.9. The van der Waals surface area contributed by atoms with Crippen molar-refractivity contribution in [2.24, 2.45) is 0 Å². The predicted molar refractivity (Wildman–Crippen MR) is 101 cm³/mol. The summed E-state index contributed by atoms with van der Waals surface area (Å²) in [5, 5.41) is 3.71. The predicted octanol–water partition coefficient (Wildman–Crippen LogP) is 4.73. The quantitative estimate of drug-likeness (QED) is 0.548.